The lowest BCUT2D eigenvalue weighted by Gasteiger charge is -2.20. The number of aromatic nitrogens is 1. The van der Waals surface area contributed by atoms with Crippen molar-refractivity contribution in [1.82, 2.24) is 10.3 Å². The van der Waals surface area contributed by atoms with E-state index >= 15 is 0 Å². The van der Waals surface area contributed by atoms with E-state index < -0.39 is 13.3 Å². The topological polar surface area (TPSA) is 104 Å². The molecule has 7 nitrogen and oxygen atoms in total. The second kappa shape index (κ2) is 11.3. The third kappa shape index (κ3) is 5.39. The Hall–Kier alpha value is -3.82. The Balaban J connectivity index is 1.85. The number of carbonyl (C=O) groups is 1. The van der Waals surface area contributed by atoms with Gasteiger partial charge in [0.15, 0.2) is 0 Å². The van der Waals surface area contributed by atoms with Gasteiger partial charge in [0.25, 0.3) is 13.3 Å². The zero-order chi connectivity index (χ0) is 27.4. The molecular formula is C29H27ClN3O4P. The molecule has 1 heterocycles. The number of carbonyl (C=O) groups excluding carboxylic acids is 1. The van der Waals surface area contributed by atoms with Crippen molar-refractivity contribution in [3.05, 3.63) is 94.1 Å². The lowest BCUT2D eigenvalue weighted by Crippen LogP contribution is -2.32. The Morgan fingerprint density at radius 1 is 1.13 bits per heavy atom. The number of ether oxygens (including phenoxy) is 1. The van der Waals surface area contributed by atoms with Crippen molar-refractivity contribution >= 4 is 52.5 Å². The maximum atomic E-state index is 14.7. The highest BCUT2D eigenvalue weighted by atomic mass is 35.5. The summed E-state index contributed by atoms with van der Waals surface area (Å²) in [5, 5.41) is 13.5. The SMILES string of the molecule is COc1ccc([C@@H](C)NC(=O)c2[nH]c3ccc(Cl)cc3c2[P@](=O)(OC)c2cc(C)cc(C=CC#N)c2)cc1. The number of aryl methyl sites for hydroxylation is 1. The molecule has 4 rings (SSSR count). The molecule has 38 heavy (non-hydrogen) atoms. The molecule has 0 fully saturated rings. The number of nitrogens with zero attached hydrogens (tertiary/aromatic N) is 1. The molecule has 0 bridgehead atoms. The highest BCUT2D eigenvalue weighted by Gasteiger charge is 2.36. The minimum absolute atomic E-state index is 0.128. The van der Waals surface area contributed by atoms with E-state index in [0.29, 0.717) is 32.5 Å². The van der Waals surface area contributed by atoms with Crippen molar-refractivity contribution in [3.63, 3.8) is 0 Å². The predicted molar refractivity (Wildman–Crippen MR) is 152 cm³/mol. The Bertz CT molecular complexity index is 1620. The van der Waals surface area contributed by atoms with Crippen LogP contribution in [0.25, 0.3) is 17.0 Å². The van der Waals surface area contributed by atoms with Gasteiger partial charge in [-0.2, -0.15) is 5.26 Å². The first-order valence-corrected chi connectivity index (χ1v) is 13.8. The van der Waals surface area contributed by atoms with E-state index in [4.69, 9.17) is 26.1 Å². The van der Waals surface area contributed by atoms with Crippen LogP contribution in [0.4, 0.5) is 0 Å². The Labute approximate surface area is 226 Å². The molecule has 2 atom stereocenters. The quantitative estimate of drug-likeness (QED) is 0.207. The number of hydrogen-bond donors (Lipinski definition) is 2. The summed E-state index contributed by atoms with van der Waals surface area (Å²) >= 11 is 6.32. The third-order valence-corrected chi connectivity index (χ3v) is 8.99. The number of H-pyrrole nitrogens is 1. The summed E-state index contributed by atoms with van der Waals surface area (Å²) in [5.74, 6) is 0.274. The average Bonchev–Trinajstić information content (AvgIpc) is 3.30. The van der Waals surface area contributed by atoms with E-state index in [1.54, 1.807) is 43.5 Å². The second-order valence-electron chi connectivity index (χ2n) is 8.81. The van der Waals surface area contributed by atoms with E-state index in [0.717, 1.165) is 11.1 Å². The molecule has 0 unspecified atom stereocenters. The Kier molecular flexibility index (Phi) is 8.08. The van der Waals surface area contributed by atoms with Crippen molar-refractivity contribution < 1.29 is 18.6 Å². The van der Waals surface area contributed by atoms with Gasteiger partial charge in [-0.3, -0.25) is 9.36 Å². The van der Waals surface area contributed by atoms with Crippen LogP contribution >= 0.6 is 19.0 Å². The van der Waals surface area contributed by atoms with Gasteiger partial charge in [0.2, 0.25) is 0 Å². The fourth-order valence-electron chi connectivity index (χ4n) is 4.38. The normalized spacial score (nSPS) is 13.7. The highest BCUT2D eigenvalue weighted by Crippen LogP contribution is 2.47. The number of methoxy groups -OCH3 is 1. The molecule has 1 aromatic heterocycles. The molecule has 0 aliphatic carbocycles. The van der Waals surface area contributed by atoms with Gasteiger partial charge >= 0.3 is 0 Å². The first-order valence-electron chi connectivity index (χ1n) is 11.8. The van der Waals surface area contributed by atoms with E-state index in [1.165, 1.54) is 13.2 Å². The van der Waals surface area contributed by atoms with E-state index in [-0.39, 0.29) is 17.0 Å². The van der Waals surface area contributed by atoms with Crippen LogP contribution in [0.15, 0.2) is 66.7 Å². The molecule has 0 radical (unpaired) electrons. The molecule has 0 aliphatic rings. The van der Waals surface area contributed by atoms with Crippen molar-refractivity contribution in [3.8, 4) is 11.8 Å². The summed E-state index contributed by atoms with van der Waals surface area (Å²) in [5.41, 5.74) is 3.12. The largest absolute Gasteiger partial charge is 0.497 e. The number of amides is 1. The van der Waals surface area contributed by atoms with Crippen LogP contribution in [-0.4, -0.2) is 25.1 Å². The number of allylic oxidation sites excluding steroid dienone is 1. The number of aromatic amines is 1. The molecule has 0 aliphatic heterocycles. The molecule has 0 saturated heterocycles. The monoisotopic (exact) mass is 547 g/mol. The molecule has 9 heteroatoms. The van der Waals surface area contributed by atoms with Gasteiger partial charge in [0.1, 0.15) is 11.4 Å². The number of rotatable bonds is 8. The van der Waals surface area contributed by atoms with Crippen LogP contribution in [0.1, 0.15) is 40.1 Å². The van der Waals surface area contributed by atoms with Crippen LogP contribution in [-0.2, 0) is 9.09 Å². The molecular weight excluding hydrogens is 521 g/mol. The van der Waals surface area contributed by atoms with Crippen LogP contribution in [0.5, 0.6) is 5.75 Å². The summed E-state index contributed by atoms with van der Waals surface area (Å²) in [6.45, 7) is 3.73. The lowest BCUT2D eigenvalue weighted by atomic mass is 10.1. The molecule has 194 valence electrons. The van der Waals surface area contributed by atoms with Crippen LogP contribution in [0, 0.1) is 18.3 Å². The number of fused-ring (bicyclic) bond motifs is 1. The van der Waals surface area contributed by atoms with Crippen molar-refractivity contribution in [2.45, 2.75) is 19.9 Å². The second-order valence-corrected chi connectivity index (χ2v) is 11.7. The molecule has 0 saturated carbocycles. The maximum absolute atomic E-state index is 14.7. The van der Waals surface area contributed by atoms with Crippen LogP contribution < -0.4 is 20.7 Å². The number of nitrogens with one attached hydrogen (secondary N) is 2. The third-order valence-electron chi connectivity index (χ3n) is 6.25. The summed E-state index contributed by atoms with van der Waals surface area (Å²) in [6, 6.07) is 19.5. The molecule has 0 spiro atoms. The van der Waals surface area contributed by atoms with Gasteiger partial charge in [-0.1, -0.05) is 29.8 Å². The minimum Gasteiger partial charge on any atom is -0.497 e. The number of benzene rings is 3. The van der Waals surface area contributed by atoms with Gasteiger partial charge in [0.05, 0.1) is 24.5 Å². The van der Waals surface area contributed by atoms with Crippen molar-refractivity contribution in [2.75, 3.05) is 14.2 Å². The first-order chi connectivity index (χ1) is 18.2. The fraction of sp³-hybridized carbons (Fsp3) is 0.172. The first kappa shape index (κ1) is 27.2. The summed E-state index contributed by atoms with van der Waals surface area (Å²) in [7, 11) is -0.858. The van der Waals surface area contributed by atoms with Crippen molar-refractivity contribution in [1.29, 1.82) is 5.26 Å². The fourth-order valence-corrected chi connectivity index (χ4v) is 6.85. The van der Waals surface area contributed by atoms with E-state index in [1.807, 2.05) is 50.2 Å². The summed E-state index contributed by atoms with van der Waals surface area (Å²) < 4.78 is 25.7. The Morgan fingerprint density at radius 3 is 2.53 bits per heavy atom. The van der Waals surface area contributed by atoms with Gasteiger partial charge in [-0.05, 0) is 79.1 Å². The van der Waals surface area contributed by atoms with E-state index in [2.05, 4.69) is 10.3 Å². The van der Waals surface area contributed by atoms with Crippen LogP contribution in [0.2, 0.25) is 5.02 Å². The number of halogens is 1. The average molecular weight is 548 g/mol. The smallest absolute Gasteiger partial charge is 0.269 e. The molecule has 1 amide bonds. The minimum atomic E-state index is -3.81. The number of hydrogen-bond acceptors (Lipinski definition) is 5. The van der Waals surface area contributed by atoms with Crippen LogP contribution in [0.3, 0.4) is 0 Å². The van der Waals surface area contributed by atoms with Gasteiger partial charge in [0, 0.05) is 34.4 Å². The van der Waals surface area contributed by atoms with Gasteiger partial charge in [-0.15, -0.1) is 0 Å². The predicted octanol–water partition coefficient (Wildman–Crippen LogP) is 6.04. The summed E-state index contributed by atoms with van der Waals surface area (Å²) in [4.78, 5) is 16.8. The van der Waals surface area contributed by atoms with Crippen molar-refractivity contribution in [2.24, 2.45) is 0 Å². The zero-order valence-corrected chi connectivity index (χ0v) is 23.1. The van der Waals surface area contributed by atoms with Gasteiger partial charge < -0.3 is 19.6 Å². The molecule has 3 aromatic carbocycles. The zero-order valence-electron chi connectivity index (χ0n) is 21.4. The number of nitriles is 1. The molecule has 2 N–H and O–H groups in total. The Morgan fingerprint density at radius 2 is 1.87 bits per heavy atom. The maximum Gasteiger partial charge on any atom is 0.269 e. The standard InChI is InChI=1S/C29H27ClN3O4P/c1-18-14-20(6-5-13-31)16-24(15-18)38(35,37-4)28-25-17-22(30)9-12-26(25)33-27(28)29(34)32-19(2)21-7-10-23(36-3)11-8-21/h5-12,14-17,19,33H,1-4H3,(H,32,34)/t19-,38-/m1/s1. The summed E-state index contributed by atoms with van der Waals surface area (Å²) in [6.07, 6.45) is 2.98. The van der Waals surface area contributed by atoms with E-state index in [9.17, 15) is 9.36 Å². The van der Waals surface area contributed by atoms with Gasteiger partial charge in [-0.25, -0.2) is 0 Å². The molecule has 4 aromatic rings. The highest BCUT2D eigenvalue weighted by molar-refractivity contribution is 7.75. The lowest BCUT2D eigenvalue weighted by molar-refractivity contribution is 0.0936.